The van der Waals surface area contributed by atoms with Crippen LogP contribution in [-0.4, -0.2) is 47.2 Å². The Labute approximate surface area is 167 Å². The summed E-state index contributed by atoms with van der Waals surface area (Å²) in [4.78, 5) is 4.70. The zero-order valence-corrected chi connectivity index (χ0v) is 18.0. The lowest BCUT2D eigenvalue weighted by atomic mass is 10.1. The summed E-state index contributed by atoms with van der Waals surface area (Å²) < 4.78 is 28.7. The summed E-state index contributed by atoms with van der Waals surface area (Å²) in [7, 11) is -3.53. The van der Waals surface area contributed by atoms with Crippen molar-refractivity contribution in [2.24, 2.45) is 0 Å². The van der Waals surface area contributed by atoms with Gasteiger partial charge in [0.2, 0.25) is 10.0 Å². The minimum atomic E-state index is -3.53. The Morgan fingerprint density at radius 1 is 1.11 bits per heavy atom. The van der Waals surface area contributed by atoms with Crippen molar-refractivity contribution in [3.05, 3.63) is 52.2 Å². The molecule has 3 N–H and O–H groups in total. The number of hydrogen-bond donors (Lipinski definition) is 3. The van der Waals surface area contributed by atoms with Crippen molar-refractivity contribution in [2.75, 3.05) is 32.7 Å². The summed E-state index contributed by atoms with van der Waals surface area (Å²) in [5, 5.41) is 2.08. The third-order valence-electron chi connectivity index (χ3n) is 5.56. The first-order valence-electron chi connectivity index (χ1n) is 9.71. The normalized spacial score (nSPS) is 23.1. The molecule has 0 saturated carbocycles. The molecule has 0 radical (unpaired) electrons. The van der Waals surface area contributed by atoms with Gasteiger partial charge >= 0.3 is 0 Å². The van der Waals surface area contributed by atoms with Gasteiger partial charge in [0.05, 0.1) is 22.4 Å². The van der Waals surface area contributed by atoms with E-state index in [0.29, 0.717) is 4.90 Å². The quantitative estimate of drug-likeness (QED) is 0.615. The molecule has 1 fully saturated rings. The monoisotopic (exact) mass is 409 g/mol. The predicted octanol–water partition coefficient (Wildman–Crippen LogP) is 0.268. The van der Waals surface area contributed by atoms with Gasteiger partial charge in [-0.2, -0.15) is 0 Å². The molecule has 5 nitrogen and oxygen atoms in total. The fourth-order valence-electron chi connectivity index (χ4n) is 3.96. The molecule has 148 valence electrons. The summed E-state index contributed by atoms with van der Waals surface area (Å²) in [6, 6.07) is 11.2. The largest absolute Gasteiger partial charge is 0.326 e. The average Bonchev–Trinajstić information content (AvgIpc) is 3.16. The van der Waals surface area contributed by atoms with Gasteiger partial charge in [0, 0.05) is 0 Å². The van der Waals surface area contributed by atoms with Crippen molar-refractivity contribution in [3.8, 4) is 0 Å². The fraction of sp³-hybridized carbons (Fsp3) is 0.500. The van der Waals surface area contributed by atoms with E-state index >= 15 is 0 Å². The van der Waals surface area contributed by atoms with Crippen LogP contribution in [0, 0.1) is 6.92 Å². The van der Waals surface area contributed by atoms with Crippen molar-refractivity contribution >= 4 is 21.4 Å². The minimum Gasteiger partial charge on any atom is -0.326 e. The summed E-state index contributed by atoms with van der Waals surface area (Å²) >= 11 is 1.72. The second-order valence-corrected chi connectivity index (χ2v) is 10.2. The van der Waals surface area contributed by atoms with Crippen LogP contribution in [0.5, 0.6) is 0 Å². The third kappa shape index (κ3) is 4.97. The second kappa shape index (κ2) is 8.84. The minimum absolute atomic E-state index is 0.142. The molecule has 2 heterocycles. The van der Waals surface area contributed by atoms with Crippen molar-refractivity contribution in [3.63, 3.8) is 0 Å². The zero-order chi connectivity index (χ0) is 19.4. The number of piperazine rings is 1. The van der Waals surface area contributed by atoms with E-state index in [1.165, 1.54) is 9.78 Å². The predicted molar refractivity (Wildman–Crippen MR) is 110 cm³/mol. The summed E-state index contributed by atoms with van der Waals surface area (Å²) in [6.45, 7) is 11.8. The Kier molecular flexibility index (Phi) is 6.70. The Bertz CT molecular complexity index is 811. The molecule has 0 bridgehead atoms. The van der Waals surface area contributed by atoms with Crippen LogP contribution in [0.2, 0.25) is 0 Å². The van der Waals surface area contributed by atoms with Crippen molar-refractivity contribution in [2.45, 2.75) is 37.8 Å². The standard InChI is InChI=1S/C20H29N3O2S2/c1-4-22-11-13-23(14-12-22)20(19-6-5-15-26-19)17(3)21-27(24,25)18-9-7-16(2)8-10-18/h5-10,15,17,20-21H,4,11-14H2,1-3H3/p+2/t17-,20-/m0/s1. The van der Waals surface area contributed by atoms with Crippen LogP contribution in [-0.2, 0) is 10.0 Å². The first kappa shape index (κ1) is 20.5. The van der Waals surface area contributed by atoms with Crippen LogP contribution in [0.25, 0.3) is 0 Å². The maximum absolute atomic E-state index is 12.9. The van der Waals surface area contributed by atoms with Crippen molar-refractivity contribution < 1.29 is 18.2 Å². The van der Waals surface area contributed by atoms with E-state index in [2.05, 4.69) is 29.2 Å². The van der Waals surface area contributed by atoms with Gasteiger partial charge in [-0.05, 0) is 44.4 Å². The van der Waals surface area contributed by atoms with Crippen LogP contribution in [0.15, 0.2) is 46.7 Å². The number of benzene rings is 1. The first-order valence-corrected chi connectivity index (χ1v) is 12.1. The van der Waals surface area contributed by atoms with Gasteiger partial charge in [0.15, 0.2) is 0 Å². The number of thiophene rings is 1. The van der Waals surface area contributed by atoms with E-state index in [4.69, 9.17) is 0 Å². The van der Waals surface area contributed by atoms with Crippen molar-refractivity contribution in [1.82, 2.24) is 4.72 Å². The Morgan fingerprint density at radius 2 is 1.78 bits per heavy atom. The number of sulfonamides is 1. The zero-order valence-electron chi connectivity index (χ0n) is 16.4. The van der Waals surface area contributed by atoms with E-state index in [1.54, 1.807) is 28.4 Å². The highest BCUT2D eigenvalue weighted by Gasteiger charge is 2.36. The molecule has 27 heavy (non-hydrogen) atoms. The van der Waals surface area contributed by atoms with Gasteiger partial charge in [0.1, 0.15) is 32.2 Å². The van der Waals surface area contributed by atoms with Crippen LogP contribution in [0.3, 0.4) is 0 Å². The maximum Gasteiger partial charge on any atom is 0.241 e. The summed E-state index contributed by atoms with van der Waals surface area (Å²) in [5.74, 6) is 0. The van der Waals surface area contributed by atoms with Gasteiger partial charge in [-0.1, -0.05) is 23.8 Å². The highest BCUT2D eigenvalue weighted by atomic mass is 32.2. The van der Waals surface area contributed by atoms with E-state index in [-0.39, 0.29) is 12.1 Å². The highest BCUT2D eigenvalue weighted by Crippen LogP contribution is 2.21. The molecule has 1 aromatic carbocycles. The lowest BCUT2D eigenvalue weighted by Gasteiger charge is -2.36. The third-order valence-corrected chi connectivity index (χ3v) is 8.09. The van der Waals surface area contributed by atoms with E-state index < -0.39 is 10.0 Å². The van der Waals surface area contributed by atoms with Gasteiger partial charge < -0.3 is 9.80 Å². The Morgan fingerprint density at radius 3 is 2.33 bits per heavy atom. The molecule has 2 atom stereocenters. The number of nitrogens with one attached hydrogen (secondary N) is 3. The van der Waals surface area contributed by atoms with Crippen LogP contribution in [0.4, 0.5) is 0 Å². The van der Waals surface area contributed by atoms with Crippen LogP contribution < -0.4 is 14.5 Å². The van der Waals surface area contributed by atoms with Gasteiger partial charge in [-0.25, -0.2) is 13.1 Å². The lowest BCUT2D eigenvalue weighted by Crippen LogP contribution is -3.28. The van der Waals surface area contributed by atoms with Crippen LogP contribution in [0.1, 0.15) is 30.3 Å². The van der Waals surface area contributed by atoms with Gasteiger partial charge in [-0.3, -0.25) is 0 Å². The SMILES string of the molecule is CC[NH+]1CC[NH+]([C@H](c2cccs2)[C@H](C)NS(=O)(=O)c2ccc(C)cc2)CC1. The molecule has 0 aliphatic carbocycles. The molecule has 1 aromatic heterocycles. The highest BCUT2D eigenvalue weighted by molar-refractivity contribution is 7.89. The number of quaternary nitrogens is 2. The number of hydrogen-bond acceptors (Lipinski definition) is 3. The molecule has 1 aliphatic heterocycles. The molecule has 3 rings (SSSR count). The number of rotatable bonds is 7. The molecule has 0 spiro atoms. The van der Waals surface area contributed by atoms with E-state index in [9.17, 15) is 8.42 Å². The molecular weight excluding hydrogens is 378 g/mol. The number of aryl methyl sites for hydroxylation is 1. The molecular formula is C20H31N3O2S2+2. The van der Waals surface area contributed by atoms with Gasteiger partial charge in [-0.15, -0.1) is 11.3 Å². The molecule has 7 heteroatoms. The lowest BCUT2D eigenvalue weighted by molar-refractivity contribution is -1.03. The molecule has 1 saturated heterocycles. The molecule has 2 aromatic rings. The van der Waals surface area contributed by atoms with Crippen LogP contribution >= 0.6 is 11.3 Å². The maximum atomic E-state index is 12.9. The van der Waals surface area contributed by atoms with Gasteiger partial charge in [0.25, 0.3) is 0 Å². The Balaban J connectivity index is 1.79. The second-order valence-electron chi connectivity index (χ2n) is 7.48. The van der Waals surface area contributed by atoms with Crippen molar-refractivity contribution in [1.29, 1.82) is 0 Å². The van der Waals surface area contributed by atoms with E-state index in [0.717, 1.165) is 38.3 Å². The Hall–Kier alpha value is -1.25. The average molecular weight is 410 g/mol. The van der Waals surface area contributed by atoms with E-state index in [1.807, 2.05) is 26.0 Å². The first-order chi connectivity index (χ1) is 12.9. The number of likely N-dealkylation sites (N-methyl/N-ethyl adjacent to an activating group) is 1. The topological polar surface area (TPSA) is 55.1 Å². The molecule has 0 unspecified atom stereocenters. The smallest absolute Gasteiger partial charge is 0.241 e. The summed E-state index contributed by atoms with van der Waals surface area (Å²) in [6.07, 6.45) is 0. The molecule has 1 aliphatic rings. The fourth-order valence-corrected chi connectivity index (χ4v) is 6.20. The summed E-state index contributed by atoms with van der Waals surface area (Å²) in [5.41, 5.74) is 1.05. The molecule has 0 amide bonds.